The number of nitrogens with zero attached hydrogens (tertiary/aromatic N) is 2. The van der Waals surface area contributed by atoms with Gasteiger partial charge in [0.25, 0.3) is 11.6 Å². The van der Waals surface area contributed by atoms with Crippen LogP contribution in [0.3, 0.4) is 0 Å². The van der Waals surface area contributed by atoms with Gasteiger partial charge in [0.15, 0.2) is 5.13 Å². The van der Waals surface area contributed by atoms with Gasteiger partial charge < -0.3 is 5.73 Å². The minimum absolute atomic E-state index is 0.000232. The lowest BCUT2D eigenvalue weighted by atomic mass is 9.99. The molecule has 3 rings (SSSR count). The van der Waals surface area contributed by atoms with Crippen molar-refractivity contribution in [3.63, 3.8) is 0 Å². The number of nitro groups is 1. The fraction of sp³-hybridized carbons (Fsp3) is 0.333. The molecule has 0 spiro atoms. The van der Waals surface area contributed by atoms with Crippen molar-refractivity contribution in [1.82, 2.24) is 4.98 Å². The van der Waals surface area contributed by atoms with Gasteiger partial charge in [-0.1, -0.05) is 0 Å². The van der Waals surface area contributed by atoms with E-state index in [2.05, 4.69) is 10.3 Å². The number of nitrogens with one attached hydrogen (secondary N) is 1. The van der Waals surface area contributed by atoms with E-state index in [1.165, 1.54) is 29.5 Å². The summed E-state index contributed by atoms with van der Waals surface area (Å²) in [6.07, 6.45) is 2.53. The number of carbonyl (C=O) groups excluding carboxylic acids is 1. The first-order valence-electron chi connectivity index (χ1n) is 7.24. The summed E-state index contributed by atoms with van der Waals surface area (Å²) in [4.78, 5) is 28.2. The molecule has 0 unspecified atom stereocenters. The van der Waals surface area contributed by atoms with Crippen LogP contribution in [0.1, 0.15) is 32.9 Å². The van der Waals surface area contributed by atoms with Crippen molar-refractivity contribution >= 4 is 28.1 Å². The fourth-order valence-electron chi connectivity index (χ4n) is 2.62. The van der Waals surface area contributed by atoms with Crippen LogP contribution < -0.4 is 11.1 Å². The minimum Gasteiger partial charge on any atom is -0.327 e. The van der Waals surface area contributed by atoms with Gasteiger partial charge >= 0.3 is 0 Å². The Morgan fingerprint density at radius 3 is 3.00 bits per heavy atom. The van der Waals surface area contributed by atoms with Crippen LogP contribution in [-0.2, 0) is 12.8 Å². The van der Waals surface area contributed by atoms with E-state index in [9.17, 15) is 14.9 Å². The number of carbonyl (C=O) groups is 1. The molecular formula is C15H16N4O3S. The number of nitrogens with two attached hydrogens (primary N) is 1. The van der Waals surface area contributed by atoms with Gasteiger partial charge in [0.2, 0.25) is 0 Å². The number of hydrogen-bond donors (Lipinski definition) is 2. The molecule has 1 aromatic carbocycles. The zero-order chi connectivity index (χ0) is 16.6. The van der Waals surface area contributed by atoms with Gasteiger partial charge in [-0.2, -0.15) is 0 Å². The summed E-state index contributed by atoms with van der Waals surface area (Å²) in [5.74, 6) is -0.321. The lowest BCUT2D eigenvalue weighted by molar-refractivity contribution is -0.385. The van der Waals surface area contributed by atoms with Crippen LogP contribution in [0.2, 0.25) is 0 Å². The number of nitro benzene ring substituents is 1. The summed E-state index contributed by atoms with van der Waals surface area (Å²) in [5.41, 5.74) is 7.77. The van der Waals surface area contributed by atoms with E-state index in [0.29, 0.717) is 16.3 Å². The smallest absolute Gasteiger partial charge is 0.272 e. The van der Waals surface area contributed by atoms with Crippen molar-refractivity contribution in [2.75, 3.05) is 5.32 Å². The number of hydrogen-bond acceptors (Lipinski definition) is 6. The quantitative estimate of drug-likeness (QED) is 0.662. The molecule has 0 bridgehead atoms. The zero-order valence-electron chi connectivity index (χ0n) is 12.5. The summed E-state index contributed by atoms with van der Waals surface area (Å²) in [5, 5.41) is 14.1. The van der Waals surface area contributed by atoms with Crippen LogP contribution in [0.15, 0.2) is 18.2 Å². The van der Waals surface area contributed by atoms with Gasteiger partial charge in [0.1, 0.15) is 0 Å². The molecule has 0 fully saturated rings. The maximum Gasteiger partial charge on any atom is 0.272 e. The number of anilines is 1. The van der Waals surface area contributed by atoms with E-state index >= 15 is 0 Å². The van der Waals surface area contributed by atoms with Crippen molar-refractivity contribution < 1.29 is 9.72 Å². The van der Waals surface area contributed by atoms with Crippen LogP contribution in [0, 0.1) is 17.0 Å². The summed E-state index contributed by atoms with van der Waals surface area (Å²) in [7, 11) is 0. The van der Waals surface area contributed by atoms with E-state index < -0.39 is 4.92 Å². The van der Waals surface area contributed by atoms with Gasteiger partial charge in [0.05, 0.1) is 10.6 Å². The number of amides is 1. The molecule has 0 saturated carbocycles. The van der Waals surface area contributed by atoms with Gasteiger partial charge in [-0.3, -0.25) is 20.2 Å². The third-order valence-corrected chi connectivity index (χ3v) is 4.89. The molecule has 1 aliphatic rings. The Morgan fingerprint density at radius 1 is 1.52 bits per heavy atom. The monoisotopic (exact) mass is 332 g/mol. The molecule has 3 N–H and O–H groups in total. The number of rotatable bonds is 3. The molecule has 120 valence electrons. The fourth-order valence-corrected chi connectivity index (χ4v) is 3.72. The Hall–Kier alpha value is -2.32. The van der Waals surface area contributed by atoms with Crippen molar-refractivity contribution in [3.05, 3.63) is 50.0 Å². The van der Waals surface area contributed by atoms with Gasteiger partial charge in [-0.25, -0.2) is 4.98 Å². The predicted octanol–water partition coefficient (Wildman–Crippen LogP) is 2.43. The highest BCUT2D eigenvalue weighted by Gasteiger charge is 2.21. The van der Waals surface area contributed by atoms with Crippen molar-refractivity contribution in [2.24, 2.45) is 5.73 Å². The second-order valence-corrected chi connectivity index (χ2v) is 6.69. The van der Waals surface area contributed by atoms with E-state index in [4.69, 9.17) is 5.73 Å². The van der Waals surface area contributed by atoms with Crippen LogP contribution in [0.25, 0.3) is 0 Å². The highest BCUT2D eigenvalue weighted by Crippen LogP contribution is 2.29. The lowest BCUT2D eigenvalue weighted by Crippen LogP contribution is -2.27. The molecular weight excluding hydrogens is 316 g/mol. The number of aromatic nitrogens is 1. The number of fused-ring (bicyclic) bond motifs is 1. The van der Waals surface area contributed by atoms with Crippen molar-refractivity contribution in [1.29, 1.82) is 0 Å². The van der Waals surface area contributed by atoms with Gasteiger partial charge in [-0.05, 0) is 38.3 Å². The molecule has 7 nitrogen and oxygen atoms in total. The number of benzene rings is 1. The van der Waals surface area contributed by atoms with Crippen LogP contribution >= 0.6 is 11.3 Å². The van der Waals surface area contributed by atoms with Gasteiger partial charge in [0, 0.05) is 28.1 Å². The summed E-state index contributed by atoms with van der Waals surface area (Å²) >= 11 is 1.44. The SMILES string of the molecule is Cc1cc(C(=O)Nc2nc3c(s2)C[C@@H](N)CC3)ccc1[N+](=O)[O-]. The predicted molar refractivity (Wildman–Crippen MR) is 87.9 cm³/mol. The second kappa shape index (κ2) is 6.05. The topological polar surface area (TPSA) is 111 Å². The Labute approximate surface area is 136 Å². The molecule has 0 aliphatic heterocycles. The van der Waals surface area contributed by atoms with Crippen LogP contribution in [0.4, 0.5) is 10.8 Å². The summed E-state index contributed by atoms with van der Waals surface area (Å²) in [6.45, 7) is 1.61. The molecule has 23 heavy (non-hydrogen) atoms. The molecule has 1 atom stereocenters. The standard InChI is InChI=1S/C15H16N4O3S/c1-8-6-9(2-5-12(8)19(21)22)14(20)18-15-17-11-4-3-10(16)7-13(11)23-15/h2,5-6,10H,3-4,7,16H2,1H3,(H,17,18,20)/t10-/m0/s1. The maximum absolute atomic E-state index is 12.3. The molecule has 8 heteroatoms. The van der Waals surface area contributed by atoms with E-state index in [0.717, 1.165) is 29.8 Å². The molecule has 0 radical (unpaired) electrons. The third kappa shape index (κ3) is 3.22. The molecule has 1 amide bonds. The highest BCUT2D eigenvalue weighted by atomic mass is 32.1. The van der Waals surface area contributed by atoms with E-state index in [1.54, 1.807) is 6.92 Å². The first-order valence-corrected chi connectivity index (χ1v) is 8.06. The highest BCUT2D eigenvalue weighted by molar-refractivity contribution is 7.15. The zero-order valence-corrected chi connectivity index (χ0v) is 13.4. The van der Waals surface area contributed by atoms with E-state index in [-0.39, 0.29) is 17.6 Å². The average Bonchev–Trinajstić information content (AvgIpc) is 2.87. The molecule has 0 saturated heterocycles. The maximum atomic E-state index is 12.3. The molecule has 1 aliphatic carbocycles. The van der Waals surface area contributed by atoms with Crippen LogP contribution in [0.5, 0.6) is 0 Å². The third-order valence-electron chi connectivity index (χ3n) is 3.85. The summed E-state index contributed by atoms with van der Waals surface area (Å²) in [6, 6.07) is 4.46. The number of aryl methyl sites for hydroxylation is 2. The summed E-state index contributed by atoms with van der Waals surface area (Å²) < 4.78 is 0. The minimum atomic E-state index is -0.463. The Balaban J connectivity index is 1.77. The Kier molecular flexibility index (Phi) is 4.10. The lowest BCUT2D eigenvalue weighted by Gasteiger charge is -2.15. The Morgan fingerprint density at radius 2 is 2.30 bits per heavy atom. The van der Waals surface area contributed by atoms with Crippen LogP contribution in [-0.4, -0.2) is 21.9 Å². The Bertz CT molecular complexity index is 787. The van der Waals surface area contributed by atoms with Gasteiger partial charge in [-0.15, -0.1) is 11.3 Å². The molecule has 1 heterocycles. The number of thiazole rings is 1. The van der Waals surface area contributed by atoms with E-state index in [1.807, 2.05) is 0 Å². The van der Waals surface area contributed by atoms with Crippen molar-refractivity contribution in [3.8, 4) is 0 Å². The largest absolute Gasteiger partial charge is 0.327 e. The van der Waals surface area contributed by atoms with Crippen molar-refractivity contribution in [2.45, 2.75) is 32.2 Å². The molecule has 1 aromatic heterocycles. The first kappa shape index (κ1) is 15.6. The molecule has 2 aromatic rings. The average molecular weight is 332 g/mol. The first-order chi connectivity index (χ1) is 10.9. The second-order valence-electron chi connectivity index (χ2n) is 5.60. The normalized spacial score (nSPS) is 16.7.